The Morgan fingerprint density at radius 1 is 1.23 bits per heavy atom. The van der Waals surface area contributed by atoms with Gasteiger partial charge in [0, 0.05) is 10.2 Å². The summed E-state index contributed by atoms with van der Waals surface area (Å²) in [5.41, 5.74) is 1.94. The third-order valence-electron chi connectivity index (χ3n) is 3.72. The van der Waals surface area contributed by atoms with E-state index >= 15 is 0 Å². The summed E-state index contributed by atoms with van der Waals surface area (Å²) in [4.78, 5) is 0.725. The van der Waals surface area contributed by atoms with E-state index in [-0.39, 0.29) is 0 Å². The molecule has 26 heavy (non-hydrogen) atoms. The largest absolute Gasteiger partial charge is 0.486 e. The number of nitrogens with one attached hydrogen (secondary N) is 1. The van der Waals surface area contributed by atoms with Gasteiger partial charge in [-0.3, -0.25) is 5.10 Å². The van der Waals surface area contributed by atoms with Gasteiger partial charge >= 0.3 is 0 Å². The predicted molar refractivity (Wildman–Crippen MR) is 103 cm³/mol. The summed E-state index contributed by atoms with van der Waals surface area (Å²) in [5.74, 6) is 2.00. The summed E-state index contributed by atoms with van der Waals surface area (Å²) in [6.45, 7) is 4.66. The first-order valence-corrected chi connectivity index (χ1v) is 9.83. The van der Waals surface area contributed by atoms with Crippen LogP contribution in [0.1, 0.15) is 25.4 Å². The van der Waals surface area contributed by atoms with E-state index < -0.39 is 0 Å². The molecular formula is C17H17BrN6OS. The van der Waals surface area contributed by atoms with Crippen LogP contribution in [-0.2, 0) is 13.0 Å². The van der Waals surface area contributed by atoms with E-state index in [1.54, 1.807) is 4.52 Å². The van der Waals surface area contributed by atoms with Crippen molar-refractivity contribution in [1.29, 1.82) is 0 Å². The normalized spacial score (nSPS) is 11.5. The molecule has 0 saturated heterocycles. The molecular weight excluding hydrogens is 416 g/mol. The summed E-state index contributed by atoms with van der Waals surface area (Å²) in [6.07, 6.45) is 0.962. The van der Waals surface area contributed by atoms with Crippen LogP contribution >= 0.6 is 27.3 Å². The highest BCUT2D eigenvalue weighted by atomic mass is 79.9. The molecule has 0 amide bonds. The van der Waals surface area contributed by atoms with Gasteiger partial charge in [-0.05, 0) is 42.7 Å². The van der Waals surface area contributed by atoms with Crippen molar-refractivity contribution in [3.8, 4) is 16.5 Å². The molecule has 3 heterocycles. The fourth-order valence-corrected chi connectivity index (χ4v) is 3.63. The van der Waals surface area contributed by atoms with Gasteiger partial charge in [0.2, 0.25) is 4.96 Å². The zero-order chi connectivity index (χ0) is 18.1. The van der Waals surface area contributed by atoms with Crippen LogP contribution in [0.15, 0.2) is 34.8 Å². The van der Waals surface area contributed by atoms with Crippen LogP contribution in [-0.4, -0.2) is 30.0 Å². The maximum atomic E-state index is 5.77. The molecule has 3 aromatic heterocycles. The first kappa shape index (κ1) is 17.2. The Kier molecular flexibility index (Phi) is 4.73. The van der Waals surface area contributed by atoms with E-state index in [1.165, 1.54) is 11.3 Å². The molecule has 0 fully saturated rings. The standard InChI is InChI=1S/C17H17BrN6OS/c1-10(2)7-12-8-14(20-19-12)16-23-24-15(21-22-17(24)26-16)9-25-13-5-3-11(18)4-6-13/h3-6,8,10H,7,9H2,1-2H3,(H,19,20). The van der Waals surface area contributed by atoms with Gasteiger partial charge in [-0.25, -0.2) is 0 Å². The molecule has 0 atom stereocenters. The number of halogens is 1. The van der Waals surface area contributed by atoms with Crippen molar-refractivity contribution in [2.45, 2.75) is 26.9 Å². The average Bonchev–Trinajstić information content (AvgIpc) is 3.29. The molecule has 0 aliphatic carbocycles. The van der Waals surface area contributed by atoms with Crippen molar-refractivity contribution >= 4 is 32.2 Å². The molecule has 1 N–H and O–H groups in total. The van der Waals surface area contributed by atoms with Gasteiger partial charge < -0.3 is 4.74 Å². The number of rotatable bonds is 6. The summed E-state index contributed by atoms with van der Waals surface area (Å²) in [5, 5.41) is 21.2. The lowest BCUT2D eigenvalue weighted by molar-refractivity contribution is 0.293. The average molecular weight is 433 g/mol. The SMILES string of the molecule is CC(C)Cc1cc(-c2nn3c(COc4ccc(Br)cc4)nnc3s2)n[nH]1. The van der Waals surface area contributed by atoms with Crippen LogP contribution in [0.2, 0.25) is 0 Å². The fourth-order valence-electron chi connectivity index (χ4n) is 2.55. The molecule has 1 aromatic carbocycles. The second kappa shape index (κ2) is 7.16. The number of hydrogen-bond donors (Lipinski definition) is 1. The number of ether oxygens (including phenoxy) is 1. The van der Waals surface area contributed by atoms with Crippen LogP contribution in [0.4, 0.5) is 0 Å². The van der Waals surface area contributed by atoms with Crippen LogP contribution in [0, 0.1) is 5.92 Å². The number of hydrogen-bond acceptors (Lipinski definition) is 6. The Hall–Kier alpha value is -2.26. The van der Waals surface area contributed by atoms with E-state index in [0.717, 1.165) is 38.0 Å². The topological polar surface area (TPSA) is 81.0 Å². The summed E-state index contributed by atoms with van der Waals surface area (Å²) in [7, 11) is 0. The maximum Gasteiger partial charge on any atom is 0.235 e. The number of aromatic nitrogens is 6. The lowest BCUT2D eigenvalue weighted by atomic mass is 10.1. The van der Waals surface area contributed by atoms with Gasteiger partial charge in [0.1, 0.15) is 18.1 Å². The first-order chi connectivity index (χ1) is 12.6. The summed E-state index contributed by atoms with van der Waals surface area (Å²) < 4.78 is 8.50. The fraction of sp³-hybridized carbons (Fsp3) is 0.294. The molecule has 4 aromatic rings. The highest BCUT2D eigenvalue weighted by molar-refractivity contribution is 9.10. The molecule has 4 rings (SSSR count). The summed E-state index contributed by atoms with van der Waals surface area (Å²) >= 11 is 4.87. The molecule has 0 aliphatic rings. The minimum atomic E-state index is 0.297. The second-order valence-electron chi connectivity index (χ2n) is 6.34. The monoisotopic (exact) mass is 432 g/mol. The van der Waals surface area contributed by atoms with Gasteiger partial charge in [-0.1, -0.05) is 41.1 Å². The lowest BCUT2D eigenvalue weighted by Gasteiger charge is -2.03. The number of fused-ring (bicyclic) bond motifs is 1. The molecule has 0 saturated carbocycles. The van der Waals surface area contributed by atoms with Gasteiger partial charge in [0.25, 0.3) is 0 Å². The van der Waals surface area contributed by atoms with Crippen molar-refractivity contribution in [1.82, 2.24) is 30.0 Å². The molecule has 0 aliphatic heterocycles. The first-order valence-electron chi connectivity index (χ1n) is 8.22. The number of benzene rings is 1. The lowest BCUT2D eigenvalue weighted by Crippen LogP contribution is -2.02. The zero-order valence-corrected chi connectivity index (χ0v) is 16.7. The Balaban J connectivity index is 1.53. The molecule has 0 unspecified atom stereocenters. The Labute approximate surface area is 162 Å². The molecule has 0 radical (unpaired) electrons. The van der Waals surface area contributed by atoms with Crippen molar-refractivity contribution in [3.05, 3.63) is 46.3 Å². The van der Waals surface area contributed by atoms with Gasteiger partial charge in [-0.2, -0.15) is 14.7 Å². The molecule has 0 bridgehead atoms. The molecule has 0 spiro atoms. The van der Waals surface area contributed by atoms with E-state index in [1.807, 2.05) is 30.3 Å². The summed E-state index contributed by atoms with van der Waals surface area (Å²) in [6, 6.07) is 9.71. The highest BCUT2D eigenvalue weighted by Gasteiger charge is 2.15. The van der Waals surface area contributed by atoms with Crippen LogP contribution < -0.4 is 4.74 Å². The van der Waals surface area contributed by atoms with Crippen molar-refractivity contribution < 1.29 is 4.74 Å². The smallest absolute Gasteiger partial charge is 0.235 e. The van der Waals surface area contributed by atoms with E-state index in [2.05, 4.69) is 55.3 Å². The number of nitrogens with zero attached hydrogens (tertiary/aromatic N) is 5. The quantitative estimate of drug-likeness (QED) is 0.495. The van der Waals surface area contributed by atoms with Crippen molar-refractivity contribution in [3.63, 3.8) is 0 Å². The van der Waals surface area contributed by atoms with Crippen molar-refractivity contribution in [2.75, 3.05) is 0 Å². The molecule has 7 nitrogen and oxygen atoms in total. The van der Waals surface area contributed by atoms with Crippen LogP contribution in [0.25, 0.3) is 15.7 Å². The van der Waals surface area contributed by atoms with E-state index in [4.69, 9.17) is 4.74 Å². The van der Waals surface area contributed by atoms with Crippen LogP contribution in [0.5, 0.6) is 5.75 Å². The van der Waals surface area contributed by atoms with Crippen LogP contribution in [0.3, 0.4) is 0 Å². The number of H-pyrrole nitrogens is 1. The second-order valence-corrected chi connectivity index (χ2v) is 8.21. The van der Waals surface area contributed by atoms with E-state index in [9.17, 15) is 0 Å². The minimum Gasteiger partial charge on any atom is -0.486 e. The van der Waals surface area contributed by atoms with Crippen molar-refractivity contribution in [2.24, 2.45) is 5.92 Å². The third kappa shape index (κ3) is 3.63. The van der Waals surface area contributed by atoms with Gasteiger partial charge in [0.05, 0.1) is 0 Å². The Morgan fingerprint density at radius 3 is 2.81 bits per heavy atom. The maximum absolute atomic E-state index is 5.77. The zero-order valence-electron chi connectivity index (χ0n) is 14.3. The Morgan fingerprint density at radius 2 is 2.04 bits per heavy atom. The third-order valence-corrected chi connectivity index (χ3v) is 5.17. The van der Waals surface area contributed by atoms with Gasteiger partial charge in [-0.15, -0.1) is 10.2 Å². The molecule has 134 valence electrons. The van der Waals surface area contributed by atoms with Gasteiger partial charge in [0.15, 0.2) is 10.8 Å². The predicted octanol–water partition coefficient (Wildman–Crippen LogP) is 4.12. The number of aromatic amines is 1. The minimum absolute atomic E-state index is 0.297. The Bertz CT molecular complexity index is 1020. The highest BCUT2D eigenvalue weighted by Crippen LogP contribution is 2.25. The van der Waals surface area contributed by atoms with E-state index in [0.29, 0.717) is 18.3 Å². The molecule has 9 heteroatoms.